The van der Waals surface area contributed by atoms with Crippen LogP contribution in [0.3, 0.4) is 0 Å². The summed E-state index contributed by atoms with van der Waals surface area (Å²) >= 11 is 0. The van der Waals surface area contributed by atoms with Crippen LogP contribution in [-0.2, 0) is 22.4 Å². The van der Waals surface area contributed by atoms with Gasteiger partial charge in [-0.15, -0.1) is 0 Å². The Morgan fingerprint density at radius 2 is 1.73 bits per heavy atom. The Kier molecular flexibility index (Phi) is 9.19. The fourth-order valence-electron chi connectivity index (χ4n) is 5.31. The lowest BCUT2D eigenvalue weighted by molar-refractivity contribution is -0.133. The van der Waals surface area contributed by atoms with Gasteiger partial charge in [0.1, 0.15) is 5.75 Å². The van der Waals surface area contributed by atoms with Crippen molar-refractivity contribution in [2.75, 3.05) is 40.2 Å². The number of anilines is 1. The SMILES string of the molecule is CCCC(=O)N1CCc2cc(OC)c(OCCc3ccc(OC)c(N)c3)cc2C1c1ccc(C(=O)OC)cc1C. The second-order valence-electron chi connectivity index (χ2n) is 9.93. The summed E-state index contributed by atoms with van der Waals surface area (Å²) in [6, 6.07) is 14.9. The minimum Gasteiger partial charge on any atom is -0.495 e. The van der Waals surface area contributed by atoms with E-state index in [-0.39, 0.29) is 11.9 Å². The van der Waals surface area contributed by atoms with Crippen LogP contribution in [0.1, 0.15) is 64.0 Å². The van der Waals surface area contributed by atoms with Gasteiger partial charge in [0.2, 0.25) is 5.91 Å². The molecule has 2 N–H and O–H groups in total. The summed E-state index contributed by atoms with van der Waals surface area (Å²) in [6.45, 7) is 4.97. The molecule has 4 rings (SSSR count). The fraction of sp³-hybridized carbons (Fsp3) is 0.375. The van der Waals surface area contributed by atoms with Gasteiger partial charge in [0.15, 0.2) is 11.5 Å². The molecule has 0 fully saturated rings. The number of hydrogen-bond acceptors (Lipinski definition) is 7. The van der Waals surface area contributed by atoms with Crippen molar-refractivity contribution >= 4 is 17.6 Å². The molecule has 1 aliphatic rings. The number of amides is 1. The first-order chi connectivity index (χ1) is 19.3. The fourth-order valence-corrected chi connectivity index (χ4v) is 5.31. The molecule has 1 atom stereocenters. The third-order valence-electron chi connectivity index (χ3n) is 7.37. The number of fused-ring (bicyclic) bond motifs is 1. The quantitative estimate of drug-likeness (QED) is 0.273. The molecule has 1 aliphatic heterocycles. The Hall–Kier alpha value is -4.20. The third kappa shape index (κ3) is 6.01. The molecular formula is C32H38N2O6. The number of nitrogens with two attached hydrogens (primary N) is 1. The van der Waals surface area contributed by atoms with Gasteiger partial charge in [-0.1, -0.05) is 19.1 Å². The highest BCUT2D eigenvalue weighted by atomic mass is 16.5. The second kappa shape index (κ2) is 12.8. The van der Waals surface area contributed by atoms with E-state index in [1.165, 1.54) is 7.11 Å². The van der Waals surface area contributed by atoms with E-state index in [9.17, 15) is 9.59 Å². The van der Waals surface area contributed by atoms with E-state index < -0.39 is 5.97 Å². The summed E-state index contributed by atoms with van der Waals surface area (Å²) in [5, 5.41) is 0. The summed E-state index contributed by atoms with van der Waals surface area (Å²) in [5.74, 6) is 1.62. The second-order valence-corrected chi connectivity index (χ2v) is 9.93. The highest BCUT2D eigenvalue weighted by molar-refractivity contribution is 5.89. The summed E-state index contributed by atoms with van der Waals surface area (Å²) in [5.41, 5.74) is 12.1. The van der Waals surface area contributed by atoms with Crippen molar-refractivity contribution in [2.24, 2.45) is 0 Å². The third-order valence-corrected chi connectivity index (χ3v) is 7.37. The molecule has 0 bridgehead atoms. The topological polar surface area (TPSA) is 100 Å². The van der Waals surface area contributed by atoms with Crippen molar-refractivity contribution in [1.82, 2.24) is 4.90 Å². The van der Waals surface area contributed by atoms with Gasteiger partial charge < -0.3 is 29.6 Å². The van der Waals surface area contributed by atoms with Crippen LogP contribution in [0.4, 0.5) is 5.69 Å². The van der Waals surface area contributed by atoms with Gasteiger partial charge in [-0.2, -0.15) is 0 Å². The van der Waals surface area contributed by atoms with Gasteiger partial charge in [-0.25, -0.2) is 4.79 Å². The summed E-state index contributed by atoms with van der Waals surface area (Å²) in [7, 11) is 4.59. The number of ether oxygens (including phenoxy) is 4. The zero-order valence-corrected chi connectivity index (χ0v) is 23.9. The van der Waals surface area contributed by atoms with Crippen LogP contribution >= 0.6 is 0 Å². The summed E-state index contributed by atoms with van der Waals surface area (Å²) < 4.78 is 22.1. The molecule has 8 heteroatoms. The van der Waals surface area contributed by atoms with E-state index in [4.69, 9.17) is 24.7 Å². The number of esters is 1. The molecule has 8 nitrogen and oxygen atoms in total. The molecule has 1 amide bonds. The van der Waals surface area contributed by atoms with Crippen LogP contribution in [-0.4, -0.2) is 51.3 Å². The van der Waals surface area contributed by atoms with Crippen molar-refractivity contribution < 1.29 is 28.5 Å². The Labute approximate surface area is 236 Å². The Balaban J connectivity index is 1.69. The predicted octanol–water partition coefficient (Wildman–Crippen LogP) is 5.28. The van der Waals surface area contributed by atoms with Gasteiger partial charge in [0.25, 0.3) is 0 Å². The highest BCUT2D eigenvalue weighted by Gasteiger charge is 2.34. The maximum Gasteiger partial charge on any atom is 0.337 e. The number of methoxy groups -OCH3 is 3. The molecule has 40 heavy (non-hydrogen) atoms. The number of hydrogen-bond donors (Lipinski definition) is 1. The monoisotopic (exact) mass is 546 g/mol. The minimum atomic E-state index is -0.392. The zero-order valence-electron chi connectivity index (χ0n) is 23.9. The van der Waals surface area contributed by atoms with Crippen LogP contribution in [0.5, 0.6) is 17.2 Å². The van der Waals surface area contributed by atoms with E-state index >= 15 is 0 Å². The molecule has 0 saturated heterocycles. The molecule has 212 valence electrons. The lowest BCUT2D eigenvalue weighted by Crippen LogP contribution is -2.40. The van der Waals surface area contributed by atoms with Gasteiger partial charge in [0.05, 0.1) is 45.2 Å². The predicted molar refractivity (Wildman–Crippen MR) is 154 cm³/mol. The number of nitrogen functional groups attached to an aromatic ring is 1. The normalized spacial score (nSPS) is 14.3. The van der Waals surface area contributed by atoms with Gasteiger partial charge >= 0.3 is 5.97 Å². The summed E-state index contributed by atoms with van der Waals surface area (Å²) in [4.78, 5) is 27.4. The average Bonchev–Trinajstić information content (AvgIpc) is 2.96. The van der Waals surface area contributed by atoms with Gasteiger partial charge in [-0.3, -0.25) is 4.79 Å². The van der Waals surface area contributed by atoms with Crippen LogP contribution in [0.25, 0.3) is 0 Å². The van der Waals surface area contributed by atoms with Crippen molar-refractivity contribution in [3.8, 4) is 17.2 Å². The van der Waals surface area contributed by atoms with Crippen LogP contribution < -0.4 is 19.9 Å². The Morgan fingerprint density at radius 1 is 0.950 bits per heavy atom. The Bertz CT molecular complexity index is 1390. The number of aryl methyl sites for hydroxylation is 1. The maximum atomic E-state index is 13.3. The highest BCUT2D eigenvalue weighted by Crippen LogP contribution is 2.42. The largest absolute Gasteiger partial charge is 0.495 e. The molecule has 1 heterocycles. The zero-order chi connectivity index (χ0) is 28.8. The lowest BCUT2D eigenvalue weighted by atomic mass is 9.85. The summed E-state index contributed by atoms with van der Waals surface area (Å²) in [6.07, 6.45) is 2.59. The van der Waals surface area contributed by atoms with Crippen LogP contribution in [0.15, 0.2) is 48.5 Å². The van der Waals surface area contributed by atoms with E-state index in [0.29, 0.717) is 60.9 Å². The first-order valence-electron chi connectivity index (χ1n) is 13.6. The Morgan fingerprint density at radius 3 is 2.38 bits per heavy atom. The van der Waals surface area contributed by atoms with Crippen LogP contribution in [0.2, 0.25) is 0 Å². The number of benzene rings is 3. The molecule has 0 saturated carbocycles. The molecular weight excluding hydrogens is 508 g/mol. The molecule has 3 aromatic rings. The van der Waals surface area contributed by atoms with E-state index in [1.807, 2.05) is 61.2 Å². The number of carbonyl (C=O) groups excluding carboxylic acids is 2. The first kappa shape index (κ1) is 28.8. The molecule has 0 spiro atoms. The maximum absolute atomic E-state index is 13.3. The van der Waals surface area contributed by atoms with Crippen molar-refractivity contribution in [3.05, 3.63) is 81.9 Å². The standard InChI is InChI=1S/C32H38N2O6/c1-6-7-30(35)34-14-12-22-18-28(38-4)29(40-15-13-21-8-11-27(37-3)26(33)17-21)19-25(22)31(34)24-10-9-23(16-20(24)2)32(36)39-5/h8-11,16-19,31H,6-7,12-15,33H2,1-5H3. The minimum absolute atomic E-state index is 0.102. The van der Waals surface area contributed by atoms with Crippen LogP contribution in [0, 0.1) is 6.92 Å². The number of nitrogens with zero attached hydrogens (tertiary/aromatic N) is 1. The number of carbonyl (C=O) groups is 2. The van der Waals surface area contributed by atoms with E-state index in [2.05, 4.69) is 0 Å². The van der Waals surface area contributed by atoms with Gasteiger partial charge in [0, 0.05) is 19.4 Å². The van der Waals surface area contributed by atoms with Crippen molar-refractivity contribution in [3.63, 3.8) is 0 Å². The smallest absolute Gasteiger partial charge is 0.337 e. The van der Waals surface area contributed by atoms with Crippen molar-refractivity contribution in [1.29, 1.82) is 0 Å². The average molecular weight is 547 g/mol. The molecule has 0 aromatic heterocycles. The number of rotatable bonds is 10. The van der Waals surface area contributed by atoms with E-state index in [0.717, 1.165) is 34.2 Å². The van der Waals surface area contributed by atoms with Gasteiger partial charge in [-0.05, 0) is 84.0 Å². The first-order valence-corrected chi connectivity index (χ1v) is 13.6. The molecule has 3 aromatic carbocycles. The van der Waals surface area contributed by atoms with Crippen molar-refractivity contribution in [2.45, 2.75) is 45.6 Å². The molecule has 1 unspecified atom stereocenters. The molecule has 0 aliphatic carbocycles. The molecule has 0 radical (unpaired) electrons. The van der Waals surface area contributed by atoms with E-state index in [1.54, 1.807) is 20.3 Å². The lowest BCUT2D eigenvalue weighted by Gasteiger charge is -2.39.